The van der Waals surface area contributed by atoms with Crippen LogP contribution in [0.2, 0.25) is 0 Å². The third-order valence-electron chi connectivity index (χ3n) is 2.37. The molecule has 0 aliphatic rings. The second-order valence-electron chi connectivity index (χ2n) is 4.07. The van der Waals surface area contributed by atoms with E-state index in [-0.39, 0.29) is 23.7 Å². The first kappa shape index (κ1) is 13.9. The monoisotopic (exact) mass is 241 g/mol. The van der Waals surface area contributed by atoms with E-state index in [1.807, 2.05) is 20.8 Å². The van der Waals surface area contributed by atoms with E-state index < -0.39 is 0 Å². The van der Waals surface area contributed by atoms with Gasteiger partial charge in [0.15, 0.2) is 11.6 Å². The Morgan fingerprint density at radius 3 is 2.59 bits per heavy atom. The molecule has 0 radical (unpaired) electrons. The Kier molecular flexibility index (Phi) is 5.38. The van der Waals surface area contributed by atoms with Gasteiger partial charge in [-0.2, -0.15) is 0 Å². The van der Waals surface area contributed by atoms with E-state index in [2.05, 4.69) is 0 Å². The minimum absolute atomic E-state index is 0.175. The van der Waals surface area contributed by atoms with Crippen molar-refractivity contribution in [2.24, 2.45) is 5.73 Å². The zero-order valence-electron chi connectivity index (χ0n) is 10.6. The van der Waals surface area contributed by atoms with Gasteiger partial charge < -0.3 is 15.2 Å². The van der Waals surface area contributed by atoms with Crippen LogP contribution in [0, 0.1) is 5.82 Å². The SMILES string of the molecule is CCOCC(C)Oc1ccc([C@H](C)N)cc1F. The molecule has 0 saturated carbocycles. The van der Waals surface area contributed by atoms with Crippen molar-refractivity contribution >= 4 is 0 Å². The standard InChI is InChI=1S/C13H20FNO2/c1-4-16-8-9(2)17-13-6-5-11(10(3)15)7-12(13)14/h5-7,9-10H,4,8,15H2,1-3H3/t9?,10-/m0/s1. The Morgan fingerprint density at radius 1 is 1.35 bits per heavy atom. The van der Waals surface area contributed by atoms with Crippen LogP contribution in [0.25, 0.3) is 0 Å². The van der Waals surface area contributed by atoms with Crippen LogP contribution < -0.4 is 10.5 Å². The van der Waals surface area contributed by atoms with E-state index >= 15 is 0 Å². The second-order valence-corrected chi connectivity index (χ2v) is 4.07. The first-order valence-corrected chi connectivity index (χ1v) is 5.84. The van der Waals surface area contributed by atoms with E-state index in [0.29, 0.717) is 13.2 Å². The molecule has 0 heterocycles. The zero-order valence-corrected chi connectivity index (χ0v) is 10.6. The lowest BCUT2D eigenvalue weighted by atomic mass is 10.1. The van der Waals surface area contributed by atoms with E-state index in [1.54, 1.807) is 12.1 Å². The van der Waals surface area contributed by atoms with Gasteiger partial charge in [0.2, 0.25) is 0 Å². The van der Waals surface area contributed by atoms with Crippen LogP contribution in [0.3, 0.4) is 0 Å². The van der Waals surface area contributed by atoms with E-state index in [0.717, 1.165) is 5.56 Å². The molecule has 1 unspecified atom stereocenters. The van der Waals surface area contributed by atoms with Gasteiger partial charge in [-0.1, -0.05) is 6.07 Å². The summed E-state index contributed by atoms with van der Waals surface area (Å²) in [5.74, 6) is -0.148. The van der Waals surface area contributed by atoms with Crippen molar-refractivity contribution in [2.45, 2.75) is 32.9 Å². The maximum Gasteiger partial charge on any atom is 0.165 e. The summed E-state index contributed by atoms with van der Waals surface area (Å²) < 4.78 is 24.3. The number of rotatable bonds is 6. The zero-order chi connectivity index (χ0) is 12.8. The van der Waals surface area contributed by atoms with Gasteiger partial charge in [-0.3, -0.25) is 0 Å². The molecule has 1 aromatic carbocycles. The summed E-state index contributed by atoms with van der Waals surface area (Å²) in [5.41, 5.74) is 6.43. The molecule has 4 heteroatoms. The van der Waals surface area contributed by atoms with Crippen molar-refractivity contribution in [1.82, 2.24) is 0 Å². The van der Waals surface area contributed by atoms with Gasteiger partial charge >= 0.3 is 0 Å². The maximum atomic E-state index is 13.7. The number of halogens is 1. The van der Waals surface area contributed by atoms with Gasteiger partial charge in [-0.15, -0.1) is 0 Å². The quantitative estimate of drug-likeness (QED) is 0.832. The highest BCUT2D eigenvalue weighted by Crippen LogP contribution is 2.22. The van der Waals surface area contributed by atoms with Gasteiger partial charge in [0.25, 0.3) is 0 Å². The van der Waals surface area contributed by atoms with Crippen molar-refractivity contribution in [3.8, 4) is 5.75 Å². The highest BCUT2D eigenvalue weighted by molar-refractivity contribution is 5.30. The summed E-state index contributed by atoms with van der Waals surface area (Å²) in [4.78, 5) is 0. The lowest BCUT2D eigenvalue weighted by Gasteiger charge is -2.16. The summed E-state index contributed by atoms with van der Waals surface area (Å²) in [7, 11) is 0. The van der Waals surface area contributed by atoms with Gasteiger partial charge in [0.1, 0.15) is 6.10 Å². The number of hydrogen-bond donors (Lipinski definition) is 1. The molecule has 1 aromatic rings. The second kappa shape index (κ2) is 6.57. The summed E-state index contributed by atoms with van der Waals surface area (Å²) in [6.07, 6.45) is -0.175. The highest BCUT2D eigenvalue weighted by Gasteiger charge is 2.10. The third kappa shape index (κ3) is 4.32. The molecule has 96 valence electrons. The van der Waals surface area contributed by atoms with E-state index in [9.17, 15) is 4.39 Å². The molecule has 0 saturated heterocycles. The molecule has 0 aromatic heterocycles. The summed E-state index contributed by atoms with van der Waals surface area (Å²) in [5, 5.41) is 0. The molecule has 2 atom stereocenters. The molecule has 17 heavy (non-hydrogen) atoms. The number of ether oxygens (including phenoxy) is 2. The van der Waals surface area contributed by atoms with Crippen LogP contribution in [-0.4, -0.2) is 19.3 Å². The molecule has 0 amide bonds. The summed E-state index contributed by atoms with van der Waals surface area (Å²) >= 11 is 0. The maximum absolute atomic E-state index is 13.7. The van der Waals surface area contributed by atoms with Crippen LogP contribution in [0.4, 0.5) is 4.39 Å². The van der Waals surface area contributed by atoms with Crippen molar-refractivity contribution < 1.29 is 13.9 Å². The number of benzene rings is 1. The van der Waals surface area contributed by atoms with Crippen LogP contribution in [0.15, 0.2) is 18.2 Å². The molecule has 0 fully saturated rings. The van der Waals surface area contributed by atoms with Gasteiger partial charge in [0.05, 0.1) is 6.61 Å². The van der Waals surface area contributed by atoms with Gasteiger partial charge in [0, 0.05) is 12.6 Å². The number of hydrogen-bond acceptors (Lipinski definition) is 3. The topological polar surface area (TPSA) is 44.5 Å². The van der Waals surface area contributed by atoms with E-state index in [1.165, 1.54) is 6.07 Å². The molecule has 1 rings (SSSR count). The number of nitrogens with two attached hydrogens (primary N) is 1. The Morgan fingerprint density at radius 2 is 2.06 bits per heavy atom. The average Bonchev–Trinajstić information content (AvgIpc) is 2.28. The first-order chi connectivity index (χ1) is 8.04. The lowest BCUT2D eigenvalue weighted by molar-refractivity contribution is 0.0636. The van der Waals surface area contributed by atoms with Gasteiger partial charge in [-0.25, -0.2) is 4.39 Å². The summed E-state index contributed by atoms with van der Waals surface area (Å²) in [6, 6.07) is 4.61. The molecule has 0 bridgehead atoms. The predicted octanol–water partition coefficient (Wildman–Crippen LogP) is 2.65. The highest BCUT2D eigenvalue weighted by atomic mass is 19.1. The van der Waals surface area contributed by atoms with Crippen LogP contribution in [0.1, 0.15) is 32.4 Å². The van der Waals surface area contributed by atoms with Crippen molar-refractivity contribution in [1.29, 1.82) is 0 Å². The largest absolute Gasteiger partial charge is 0.485 e. The van der Waals surface area contributed by atoms with Gasteiger partial charge in [-0.05, 0) is 38.5 Å². The molecule has 0 aliphatic heterocycles. The molecule has 3 nitrogen and oxygen atoms in total. The van der Waals surface area contributed by atoms with Crippen molar-refractivity contribution in [3.05, 3.63) is 29.6 Å². The molecular formula is C13H20FNO2. The van der Waals surface area contributed by atoms with Crippen molar-refractivity contribution in [2.75, 3.05) is 13.2 Å². The minimum Gasteiger partial charge on any atom is -0.485 e. The smallest absolute Gasteiger partial charge is 0.165 e. The molecule has 0 aliphatic carbocycles. The van der Waals surface area contributed by atoms with Crippen molar-refractivity contribution in [3.63, 3.8) is 0 Å². The first-order valence-electron chi connectivity index (χ1n) is 5.84. The fourth-order valence-corrected chi connectivity index (χ4v) is 1.43. The molecular weight excluding hydrogens is 221 g/mol. The van der Waals surface area contributed by atoms with Crippen LogP contribution >= 0.6 is 0 Å². The Balaban J connectivity index is 2.65. The fraction of sp³-hybridized carbons (Fsp3) is 0.538. The lowest BCUT2D eigenvalue weighted by Crippen LogP contribution is -2.19. The summed E-state index contributed by atoms with van der Waals surface area (Å²) in [6.45, 7) is 6.64. The Hall–Kier alpha value is -1.13. The normalized spacial score (nSPS) is 14.4. The van der Waals surface area contributed by atoms with Crippen LogP contribution in [0.5, 0.6) is 5.75 Å². The van der Waals surface area contributed by atoms with Crippen LogP contribution in [-0.2, 0) is 4.74 Å². The van der Waals surface area contributed by atoms with E-state index in [4.69, 9.17) is 15.2 Å². The predicted molar refractivity (Wildman–Crippen MR) is 65.6 cm³/mol. The molecule has 2 N–H and O–H groups in total. The average molecular weight is 241 g/mol. The minimum atomic E-state index is -0.386. The fourth-order valence-electron chi connectivity index (χ4n) is 1.43. The third-order valence-corrected chi connectivity index (χ3v) is 2.37. The molecule has 0 spiro atoms. The Labute approximate surface area is 102 Å². The Bertz CT molecular complexity index is 355.